The second-order valence-electron chi connectivity index (χ2n) is 6.46. The van der Waals surface area contributed by atoms with Crippen LogP contribution in [-0.4, -0.2) is 16.8 Å². The number of aromatic nitrogens is 1. The number of pyridine rings is 1. The Balaban J connectivity index is 1.82. The largest absolute Gasteiger partial charge is 0.321 e. The number of benzene rings is 2. The normalized spacial score (nSPS) is 10.1. The van der Waals surface area contributed by atoms with Crippen molar-refractivity contribution in [3.63, 3.8) is 0 Å². The van der Waals surface area contributed by atoms with Crippen molar-refractivity contribution in [2.45, 2.75) is 20.3 Å². The average Bonchev–Trinajstić information content (AvgIpc) is 2.75. The molecule has 0 aliphatic heterocycles. The van der Waals surface area contributed by atoms with Crippen LogP contribution in [-0.2, 0) is 6.42 Å². The molecule has 0 atom stereocenters. The van der Waals surface area contributed by atoms with E-state index in [0.29, 0.717) is 11.3 Å². The summed E-state index contributed by atoms with van der Waals surface area (Å²) in [7, 11) is 0. The van der Waals surface area contributed by atoms with E-state index >= 15 is 0 Å². The van der Waals surface area contributed by atoms with E-state index in [4.69, 9.17) is 5.26 Å². The van der Waals surface area contributed by atoms with Crippen LogP contribution in [0.25, 0.3) is 0 Å². The van der Waals surface area contributed by atoms with E-state index in [1.807, 2.05) is 38.1 Å². The van der Waals surface area contributed by atoms with Gasteiger partial charge in [0.25, 0.3) is 11.8 Å². The van der Waals surface area contributed by atoms with Gasteiger partial charge in [0.05, 0.1) is 11.3 Å². The van der Waals surface area contributed by atoms with E-state index in [9.17, 15) is 9.59 Å². The first-order chi connectivity index (χ1) is 14.0. The molecule has 6 nitrogen and oxygen atoms in total. The number of amides is 2. The van der Waals surface area contributed by atoms with Crippen LogP contribution in [0.5, 0.6) is 0 Å². The fraction of sp³-hybridized carbons (Fsp3) is 0.130. The van der Waals surface area contributed by atoms with Gasteiger partial charge in [-0.3, -0.25) is 14.6 Å². The lowest BCUT2D eigenvalue weighted by atomic mass is 10.1. The maximum absolute atomic E-state index is 12.7. The van der Waals surface area contributed by atoms with Gasteiger partial charge in [0.1, 0.15) is 11.8 Å². The Morgan fingerprint density at radius 3 is 2.59 bits per heavy atom. The summed E-state index contributed by atoms with van der Waals surface area (Å²) in [5.74, 6) is -0.810. The predicted octanol–water partition coefficient (Wildman–Crippen LogP) is 4.33. The number of aryl methyl sites for hydroxylation is 2. The molecule has 1 heterocycles. The molecular weight excluding hydrogens is 364 g/mol. The van der Waals surface area contributed by atoms with Gasteiger partial charge in [-0.2, -0.15) is 5.26 Å². The fourth-order valence-corrected chi connectivity index (χ4v) is 2.96. The summed E-state index contributed by atoms with van der Waals surface area (Å²) in [5.41, 5.74) is 3.93. The van der Waals surface area contributed by atoms with Gasteiger partial charge in [0, 0.05) is 17.4 Å². The summed E-state index contributed by atoms with van der Waals surface area (Å²) in [5, 5.41) is 14.8. The van der Waals surface area contributed by atoms with Crippen molar-refractivity contribution in [3.8, 4) is 6.07 Å². The molecule has 0 saturated carbocycles. The van der Waals surface area contributed by atoms with Crippen LogP contribution in [0.15, 0.2) is 60.8 Å². The number of nitriles is 1. The number of carbonyl (C=O) groups excluding carboxylic acids is 2. The Bertz CT molecular complexity index is 1120. The number of rotatable bonds is 5. The molecular formula is C23H20N4O2. The van der Waals surface area contributed by atoms with Gasteiger partial charge in [0.2, 0.25) is 0 Å². The lowest BCUT2D eigenvalue weighted by Gasteiger charge is -2.13. The summed E-state index contributed by atoms with van der Waals surface area (Å²) in [4.78, 5) is 29.4. The number of nitrogens with zero attached hydrogens (tertiary/aromatic N) is 2. The third-order valence-corrected chi connectivity index (χ3v) is 4.53. The molecule has 6 heteroatoms. The SMILES string of the molecule is CCc1cccc(C)c1NC(=O)c1cc(C(=O)Nc2ccccc2C#N)ccn1. The highest BCUT2D eigenvalue weighted by atomic mass is 16.2. The summed E-state index contributed by atoms with van der Waals surface area (Å²) in [6.07, 6.45) is 2.20. The lowest BCUT2D eigenvalue weighted by molar-refractivity contribution is 0.102. The highest BCUT2D eigenvalue weighted by Crippen LogP contribution is 2.22. The maximum atomic E-state index is 12.7. The van der Waals surface area contributed by atoms with E-state index in [-0.39, 0.29) is 17.2 Å². The molecule has 0 radical (unpaired) electrons. The predicted molar refractivity (Wildman–Crippen MR) is 112 cm³/mol. The summed E-state index contributed by atoms with van der Waals surface area (Å²) in [6.45, 7) is 3.95. The smallest absolute Gasteiger partial charge is 0.274 e. The molecule has 0 unspecified atom stereocenters. The van der Waals surface area contributed by atoms with Crippen LogP contribution in [0.2, 0.25) is 0 Å². The molecule has 0 fully saturated rings. The van der Waals surface area contributed by atoms with Gasteiger partial charge in [0.15, 0.2) is 0 Å². The van der Waals surface area contributed by atoms with Crippen LogP contribution in [0.1, 0.15) is 44.5 Å². The zero-order valence-corrected chi connectivity index (χ0v) is 16.2. The molecule has 3 aromatic rings. The van der Waals surface area contributed by atoms with Gasteiger partial charge in [-0.15, -0.1) is 0 Å². The highest BCUT2D eigenvalue weighted by Gasteiger charge is 2.15. The number of carbonyl (C=O) groups is 2. The average molecular weight is 384 g/mol. The topological polar surface area (TPSA) is 94.9 Å². The van der Waals surface area contributed by atoms with E-state index in [1.165, 1.54) is 18.3 Å². The first-order valence-corrected chi connectivity index (χ1v) is 9.20. The number of nitrogens with one attached hydrogen (secondary N) is 2. The second kappa shape index (κ2) is 8.81. The fourth-order valence-electron chi connectivity index (χ4n) is 2.96. The molecule has 0 saturated heterocycles. The zero-order chi connectivity index (χ0) is 20.8. The Kier molecular flexibility index (Phi) is 6.00. The van der Waals surface area contributed by atoms with Crippen LogP contribution in [0.4, 0.5) is 11.4 Å². The monoisotopic (exact) mass is 384 g/mol. The van der Waals surface area contributed by atoms with Gasteiger partial charge < -0.3 is 10.6 Å². The first-order valence-electron chi connectivity index (χ1n) is 9.20. The number of para-hydroxylation sites is 2. The minimum absolute atomic E-state index is 0.136. The minimum Gasteiger partial charge on any atom is -0.321 e. The highest BCUT2D eigenvalue weighted by molar-refractivity contribution is 6.08. The molecule has 0 aliphatic rings. The molecule has 29 heavy (non-hydrogen) atoms. The molecule has 0 bridgehead atoms. The van der Waals surface area contributed by atoms with Crippen LogP contribution in [0, 0.1) is 18.3 Å². The van der Waals surface area contributed by atoms with Crippen molar-refractivity contribution in [2.75, 3.05) is 10.6 Å². The van der Waals surface area contributed by atoms with Crippen LogP contribution < -0.4 is 10.6 Å². The van der Waals surface area contributed by atoms with E-state index in [2.05, 4.69) is 15.6 Å². The molecule has 2 aromatic carbocycles. The van der Waals surface area contributed by atoms with Gasteiger partial charge in [-0.25, -0.2) is 0 Å². The van der Waals surface area contributed by atoms with Gasteiger partial charge >= 0.3 is 0 Å². The molecule has 0 aliphatic carbocycles. The first kappa shape index (κ1) is 19.8. The standard InChI is InChI=1S/C23H20N4O2/c1-3-16-9-6-7-15(2)21(16)27-23(29)20-13-17(11-12-25-20)22(28)26-19-10-5-4-8-18(19)14-24/h4-13H,3H2,1-2H3,(H,26,28)(H,27,29). The Morgan fingerprint density at radius 2 is 1.83 bits per heavy atom. The van der Waals surface area contributed by atoms with Crippen molar-refractivity contribution < 1.29 is 9.59 Å². The maximum Gasteiger partial charge on any atom is 0.274 e. The van der Waals surface area contributed by atoms with Crippen LogP contribution >= 0.6 is 0 Å². The van der Waals surface area contributed by atoms with Crippen molar-refractivity contribution in [3.05, 3.63) is 88.7 Å². The van der Waals surface area contributed by atoms with E-state index < -0.39 is 5.91 Å². The summed E-state index contributed by atoms with van der Waals surface area (Å²) < 4.78 is 0. The third-order valence-electron chi connectivity index (χ3n) is 4.53. The van der Waals surface area contributed by atoms with Crippen LogP contribution in [0.3, 0.4) is 0 Å². The Morgan fingerprint density at radius 1 is 1.03 bits per heavy atom. The number of anilines is 2. The Labute approximate surface area is 169 Å². The molecule has 2 amide bonds. The van der Waals surface area contributed by atoms with Gasteiger partial charge in [-0.1, -0.05) is 37.3 Å². The Hall–Kier alpha value is -3.98. The van der Waals surface area contributed by atoms with Crippen molar-refractivity contribution >= 4 is 23.2 Å². The third kappa shape index (κ3) is 4.47. The second-order valence-corrected chi connectivity index (χ2v) is 6.46. The number of hydrogen-bond donors (Lipinski definition) is 2. The molecule has 1 aromatic heterocycles. The molecule has 144 valence electrons. The quantitative estimate of drug-likeness (QED) is 0.684. The van der Waals surface area contributed by atoms with Crippen molar-refractivity contribution in [1.29, 1.82) is 5.26 Å². The van der Waals surface area contributed by atoms with E-state index in [0.717, 1.165) is 23.2 Å². The zero-order valence-electron chi connectivity index (χ0n) is 16.2. The minimum atomic E-state index is -0.422. The summed E-state index contributed by atoms with van der Waals surface area (Å²) in [6, 6.07) is 17.6. The summed E-state index contributed by atoms with van der Waals surface area (Å²) >= 11 is 0. The van der Waals surface area contributed by atoms with Crippen molar-refractivity contribution in [1.82, 2.24) is 4.98 Å². The molecule has 3 rings (SSSR count). The number of hydrogen-bond acceptors (Lipinski definition) is 4. The molecule has 0 spiro atoms. The molecule has 2 N–H and O–H groups in total. The van der Waals surface area contributed by atoms with Gasteiger partial charge in [-0.05, 0) is 48.7 Å². The van der Waals surface area contributed by atoms with Crippen molar-refractivity contribution in [2.24, 2.45) is 0 Å². The lowest BCUT2D eigenvalue weighted by Crippen LogP contribution is -2.18. The van der Waals surface area contributed by atoms with E-state index in [1.54, 1.807) is 24.3 Å².